The summed E-state index contributed by atoms with van der Waals surface area (Å²) >= 11 is 0. The molecule has 184 valence electrons. The molecular formula is C24H34N6O4. The van der Waals surface area contributed by atoms with E-state index in [1.807, 2.05) is 56.0 Å². The van der Waals surface area contributed by atoms with Crippen molar-refractivity contribution in [3.63, 3.8) is 0 Å². The zero-order chi connectivity index (χ0) is 24.6. The van der Waals surface area contributed by atoms with Crippen LogP contribution in [0, 0.1) is 5.92 Å². The quantitative estimate of drug-likeness (QED) is 0.569. The molecule has 0 aliphatic carbocycles. The Balaban J connectivity index is 1.43. The molecule has 3 rings (SSSR count). The van der Waals surface area contributed by atoms with Crippen molar-refractivity contribution >= 4 is 23.8 Å². The number of nitrogens with zero attached hydrogens (tertiary/aromatic N) is 4. The lowest BCUT2D eigenvalue weighted by molar-refractivity contribution is 0.0240. The van der Waals surface area contributed by atoms with Crippen LogP contribution >= 0.6 is 0 Å². The highest BCUT2D eigenvalue weighted by atomic mass is 16.6. The Kier molecular flexibility index (Phi) is 8.64. The zero-order valence-corrected chi connectivity index (χ0v) is 20.0. The SMILES string of the molecule is CC(C)(C)OC(=O)N1CCN(c2ncc(NC(=O)NCC(CO)Cc3ccccc3)cn2)CC1. The molecule has 0 bridgehead atoms. The maximum Gasteiger partial charge on any atom is 0.410 e. The fourth-order valence-electron chi connectivity index (χ4n) is 3.53. The molecule has 10 heteroatoms. The number of benzene rings is 1. The highest BCUT2D eigenvalue weighted by molar-refractivity contribution is 5.88. The third-order valence-electron chi connectivity index (χ3n) is 5.29. The predicted molar refractivity (Wildman–Crippen MR) is 130 cm³/mol. The highest BCUT2D eigenvalue weighted by Gasteiger charge is 2.26. The molecule has 1 saturated heterocycles. The molecule has 1 fully saturated rings. The number of piperazine rings is 1. The van der Waals surface area contributed by atoms with Crippen LogP contribution in [0.5, 0.6) is 0 Å². The van der Waals surface area contributed by atoms with Gasteiger partial charge in [-0.3, -0.25) is 0 Å². The molecule has 10 nitrogen and oxygen atoms in total. The van der Waals surface area contributed by atoms with Gasteiger partial charge in [0.1, 0.15) is 5.60 Å². The topological polar surface area (TPSA) is 120 Å². The van der Waals surface area contributed by atoms with E-state index in [1.54, 1.807) is 17.3 Å². The summed E-state index contributed by atoms with van der Waals surface area (Å²) in [4.78, 5) is 36.8. The van der Waals surface area contributed by atoms with E-state index in [9.17, 15) is 14.7 Å². The Morgan fingerprint density at radius 2 is 1.74 bits per heavy atom. The first-order valence-corrected chi connectivity index (χ1v) is 11.5. The molecule has 3 amide bonds. The molecule has 0 saturated carbocycles. The molecule has 1 unspecified atom stereocenters. The van der Waals surface area contributed by atoms with Gasteiger partial charge in [-0.2, -0.15) is 0 Å². The molecule has 2 heterocycles. The Hall–Kier alpha value is -3.40. The van der Waals surface area contributed by atoms with Gasteiger partial charge in [-0.05, 0) is 32.8 Å². The van der Waals surface area contributed by atoms with Gasteiger partial charge >= 0.3 is 12.1 Å². The number of rotatable bonds is 7. The summed E-state index contributed by atoms with van der Waals surface area (Å²) in [6, 6.07) is 9.47. The molecule has 34 heavy (non-hydrogen) atoms. The summed E-state index contributed by atoms with van der Waals surface area (Å²) in [5.74, 6) is 0.462. The highest BCUT2D eigenvalue weighted by Crippen LogP contribution is 2.16. The fourth-order valence-corrected chi connectivity index (χ4v) is 3.53. The average Bonchev–Trinajstić information content (AvgIpc) is 2.82. The van der Waals surface area contributed by atoms with Crippen molar-refractivity contribution in [2.75, 3.05) is 49.5 Å². The largest absolute Gasteiger partial charge is 0.444 e. The Bertz CT molecular complexity index is 925. The number of amides is 3. The minimum Gasteiger partial charge on any atom is -0.444 e. The van der Waals surface area contributed by atoms with Gasteiger partial charge in [-0.25, -0.2) is 19.6 Å². The van der Waals surface area contributed by atoms with Crippen LogP contribution in [0.1, 0.15) is 26.3 Å². The van der Waals surface area contributed by atoms with Crippen LogP contribution in [-0.2, 0) is 11.2 Å². The lowest BCUT2D eigenvalue weighted by Crippen LogP contribution is -2.50. The summed E-state index contributed by atoms with van der Waals surface area (Å²) in [6.07, 6.45) is 3.47. The van der Waals surface area contributed by atoms with Crippen LogP contribution in [0.4, 0.5) is 21.2 Å². The number of hydrogen-bond donors (Lipinski definition) is 3. The summed E-state index contributed by atoms with van der Waals surface area (Å²) in [6.45, 7) is 8.10. The summed E-state index contributed by atoms with van der Waals surface area (Å²) in [7, 11) is 0. The van der Waals surface area contributed by atoms with Gasteiger partial charge in [0, 0.05) is 45.2 Å². The molecule has 1 aliphatic rings. The number of carbonyl (C=O) groups excluding carboxylic acids is 2. The molecule has 1 aromatic carbocycles. The number of urea groups is 1. The van der Waals surface area contributed by atoms with Crippen LogP contribution in [-0.4, -0.2) is 77.0 Å². The van der Waals surface area contributed by atoms with Gasteiger partial charge in [0.25, 0.3) is 0 Å². The predicted octanol–water partition coefficient (Wildman–Crippen LogP) is 2.51. The van der Waals surface area contributed by atoms with Crippen LogP contribution in [0.2, 0.25) is 0 Å². The molecule has 1 aromatic heterocycles. The Morgan fingerprint density at radius 1 is 1.09 bits per heavy atom. The van der Waals surface area contributed by atoms with E-state index in [1.165, 1.54) is 0 Å². The van der Waals surface area contributed by atoms with Gasteiger partial charge in [0.05, 0.1) is 18.1 Å². The smallest absolute Gasteiger partial charge is 0.410 e. The summed E-state index contributed by atoms with van der Waals surface area (Å²) in [5.41, 5.74) is 1.06. The minimum atomic E-state index is -0.520. The third kappa shape index (κ3) is 7.87. The molecule has 2 aromatic rings. The zero-order valence-electron chi connectivity index (χ0n) is 20.0. The third-order valence-corrected chi connectivity index (χ3v) is 5.29. The molecular weight excluding hydrogens is 436 g/mol. The molecule has 0 spiro atoms. The van der Waals surface area contributed by atoms with E-state index in [4.69, 9.17) is 4.74 Å². The lowest BCUT2D eigenvalue weighted by Gasteiger charge is -2.35. The van der Waals surface area contributed by atoms with Crippen LogP contribution in [0.25, 0.3) is 0 Å². The van der Waals surface area contributed by atoms with E-state index in [0.717, 1.165) is 5.56 Å². The van der Waals surface area contributed by atoms with Gasteiger partial charge in [-0.1, -0.05) is 30.3 Å². The number of aliphatic hydroxyl groups excluding tert-OH is 1. The Morgan fingerprint density at radius 3 is 2.32 bits per heavy atom. The normalized spacial score (nSPS) is 14.9. The number of hydrogen-bond acceptors (Lipinski definition) is 7. The van der Waals surface area contributed by atoms with Crippen molar-refractivity contribution < 1.29 is 19.4 Å². The van der Waals surface area contributed by atoms with Crippen molar-refractivity contribution in [2.45, 2.75) is 32.8 Å². The minimum absolute atomic E-state index is 0.0197. The second-order valence-corrected chi connectivity index (χ2v) is 9.30. The van der Waals surface area contributed by atoms with Crippen molar-refractivity contribution in [1.82, 2.24) is 20.2 Å². The van der Waals surface area contributed by atoms with Crippen molar-refractivity contribution in [2.24, 2.45) is 5.92 Å². The number of ether oxygens (including phenoxy) is 1. The van der Waals surface area contributed by atoms with Crippen molar-refractivity contribution in [1.29, 1.82) is 0 Å². The average molecular weight is 471 g/mol. The number of aliphatic hydroxyl groups is 1. The van der Waals surface area contributed by atoms with Crippen molar-refractivity contribution in [3.8, 4) is 0 Å². The van der Waals surface area contributed by atoms with Gasteiger partial charge in [-0.15, -0.1) is 0 Å². The number of nitrogens with one attached hydrogen (secondary N) is 2. The molecule has 0 radical (unpaired) electrons. The first-order valence-electron chi connectivity index (χ1n) is 11.5. The number of aromatic nitrogens is 2. The maximum atomic E-state index is 12.3. The standard InChI is InChI=1S/C24H34N6O4/c1-24(2,3)34-23(33)30-11-9-29(10-12-30)21-25-15-20(16-26-21)28-22(32)27-14-19(17-31)13-18-7-5-4-6-8-18/h4-8,15-16,19,31H,9-14,17H2,1-3H3,(H2,27,28,32). The second-order valence-electron chi connectivity index (χ2n) is 9.30. The van der Waals surface area contributed by atoms with Crippen molar-refractivity contribution in [3.05, 3.63) is 48.3 Å². The first kappa shape index (κ1) is 25.2. The van der Waals surface area contributed by atoms with Gasteiger partial charge in [0.2, 0.25) is 5.95 Å². The van der Waals surface area contributed by atoms with E-state index >= 15 is 0 Å². The molecule has 1 aliphatic heterocycles. The fraction of sp³-hybridized carbons (Fsp3) is 0.500. The monoisotopic (exact) mass is 470 g/mol. The first-order chi connectivity index (χ1) is 16.2. The van der Waals surface area contributed by atoms with E-state index in [2.05, 4.69) is 20.6 Å². The number of carbonyl (C=O) groups is 2. The van der Waals surface area contributed by atoms with Crippen LogP contribution in [0.3, 0.4) is 0 Å². The van der Waals surface area contributed by atoms with Crippen LogP contribution < -0.4 is 15.5 Å². The Labute approximate surface area is 200 Å². The van der Waals surface area contributed by atoms with Gasteiger partial charge < -0.3 is 30.3 Å². The van der Waals surface area contributed by atoms with E-state index in [0.29, 0.717) is 50.8 Å². The lowest BCUT2D eigenvalue weighted by atomic mass is 10.0. The second kappa shape index (κ2) is 11.6. The summed E-state index contributed by atoms with van der Waals surface area (Å²) < 4.78 is 5.42. The molecule has 1 atom stereocenters. The van der Waals surface area contributed by atoms with E-state index in [-0.39, 0.29) is 24.6 Å². The van der Waals surface area contributed by atoms with Gasteiger partial charge in [0.15, 0.2) is 0 Å². The maximum absolute atomic E-state index is 12.3. The molecule has 3 N–H and O–H groups in total. The van der Waals surface area contributed by atoms with E-state index < -0.39 is 5.60 Å². The van der Waals surface area contributed by atoms with Crippen LogP contribution in [0.15, 0.2) is 42.7 Å². The summed E-state index contributed by atoms with van der Waals surface area (Å²) in [5, 5.41) is 15.1. The number of anilines is 2.